The van der Waals surface area contributed by atoms with Crippen molar-refractivity contribution in [3.05, 3.63) is 18.7 Å². The third-order valence-electron chi connectivity index (χ3n) is 0.701. The molecule has 4 heteroatoms. The van der Waals surface area contributed by atoms with Gasteiger partial charge in [0.05, 0.1) is 7.11 Å². The molecule has 0 saturated carbocycles. The number of nitrogens with one attached hydrogen (secondary N) is 1. The van der Waals surface area contributed by atoms with Gasteiger partial charge in [-0.1, -0.05) is 0 Å². The van der Waals surface area contributed by atoms with Crippen molar-refractivity contribution in [3.8, 4) is 0 Å². The lowest BCUT2D eigenvalue weighted by molar-refractivity contribution is 0.220. The Balaban J connectivity index is 2.50. The summed E-state index contributed by atoms with van der Waals surface area (Å²) in [6.07, 6.45) is 5.00. The highest BCUT2D eigenvalue weighted by atomic mass is 16.7. The lowest BCUT2D eigenvalue weighted by atomic mass is 11.0. The Morgan fingerprint density at radius 3 is 3.12 bits per heavy atom. The average Bonchev–Trinajstić information content (AvgIpc) is 2.19. The van der Waals surface area contributed by atoms with Crippen molar-refractivity contribution in [1.82, 2.24) is 9.66 Å². The standard InChI is InChI=1S/C4H7N3O/c1-8-6-7-3-2-5-4-7/h2-4,6H,1H3. The molecule has 0 radical (unpaired) electrons. The Bertz CT molecular complexity index is 137. The van der Waals surface area contributed by atoms with Crippen LogP contribution in [0.3, 0.4) is 0 Å². The predicted molar refractivity (Wildman–Crippen MR) is 28.6 cm³/mol. The first-order chi connectivity index (χ1) is 3.93. The highest BCUT2D eigenvalue weighted by Gasteiger charge is 1.79. The maximum absolute atomic E-state index is 4.56. The topological polar surface area (TPSA) is 39.1 Å². The zero-order valence-corrected chi connectivity index (χ0v) is 4.53. The van der Waals surface area contributed by atoms with Gasteiger partial charge in [-0.3, -0.25) is 4.84 Å². The molecule has 0 aliphatic carbocycles. The molecule has 0 fully saturated rings. The fourth-order valence-electron chi connectivity index (χ4n) is 0.419. The quantitative estimate of drug-likeness (QED) is 0.548. The lowest BCUT2D eigenvalue weighted by Gasteiger charge is -1.99. The summed E-state index contributed by atoms with van der Waals surface area (Å²) in [5, 5.41) is 0. The lowest BCUT2D eigenvalue weighted by Crippen LogP contribution is -2.09. The number of aromatic nitrogens is 2. The van der Waals surface area contributed by atoms with Crippen LogP contribution in [0.4, 0.5) is 0 Å². The van der Waals surface area contributed by atoms with Crippen molar-refractivity contribution >= 4 is 0 Å². The summed E-state index contributed by atoms with van der Waals surface area (Å²) in [5.74, 6) is 0. The molecule has 0 bridgehead atoms. The van der Waals surface area contributed by atoms with E-state index in [1.165, 1.54) is 0 Å². The molecule has 0 amide bonds. The minimum absolute atomic E-state index is 1.54. The van der Waals surface area contributed by atoms with Crippen molar-refractivity contribution in [2.24, 2.45) is 0 Å². The van der Waals surface area contributed by atoms with Crippen LogP contribution in [0.5, 0.6) is 0 Å². The zero-order chi connectivity index (χ0) is 5.82. The van der Waals surface area contributed by atoms with Crippen molar-refractivity contribution in [3.63, 3.8) is 0 Å². The molecule has 1 N–H and O–H groups in total. The van der Waals surface area contributed by atoms with E-state index >= 15 is 0 Å². The van der Waals surface area contributed by atoms with E-state index in [1.54, 1.807) is 30.5 Å². The van der Waals surface area contributed by atoms with Crippen LogP contribution in [-0.4, -0.2) is 16.8 Å². The smallest absolute Gasteiger partial charge is 0.116 e. The molecule has 1 rings (SSSR count). The molecule has 1 aromatic rings. The van der Waals surface area contributed by atoms with Gasteiger partial charge in [-0.2, -0.15) is 0 Å². The van der Waals surface area contributed by atoms with Gasteiger partial charge in [-0.25, -0.2) is 15.2 Å². The van der Waals surface area contributed by atoms with Gasteiger partial charge in [0.2, 0.25) is 0 Å². The first-order valence-corrected chi connectivity index (χ1v) is 2.20. The van der Waals surface area contributed by atoms with Gasteiger partial charge in [-0.05, 0) is 0 Å². The van der Waals surface area contributed by atoms with Gasteiger partial charge in [0.1, 0.15) is 6.33 Å². The molecule has 0 aromatic carbocycles. The largest absolute Gasteiger partial charge is 0.264 e. The third kappa shape index (κ3) is 0.974. The summed E-state index contributed by atoms with van der Waals surface area (Å²) in [6, 6.07) is 0. The number of rotatable bonds is 2. The van der Waals surface area contributed by atoms with Crippen LogP contribution in [0.25, 0.3) is 0 Å². The maximum Gasteiger partial charge on any atom is 0.116 e. The fourth-order valence-corrected chi connectivity index (χ4v) is 0.419. The highest BCUT2D eigenvalue weighted by Crippen LogP contribution is 1.76. The van der Waals surface area contributed by atoms with Crippen molar-refractivity contribution in [1.29, 1.82) is 0 Å². The molecule has 4 nitrogen and oxygen atoms in total. The minimum Gasteiger partial charge on any atom is -0.264 e. The Hall–Kier alpha value is -1.03. The predicted octanol–water partition coefficient (Wildman–Crippen LogP) is -0.0120. The summed E-state index contributed by atoms with van der Waals surface area (Å²) in [5.41, 5.74) is 2.54. The third-order valence-corrected chi connectivity index (χ3v) is 0.701. The van der Waals surface area contributed by atoms with Gasteiger partial charge in [-0.15, -0.1) is 0 Å². The van der Waals surface area contributed by atoms with Gasteiger partial charge in [0.25, 0.3) is 0 Å². The van der Waals surface area contributed by atoms with E-state index in [9.17, 15) is 0 Å². The zero-order valence-electron chi connectivity index (χ0n) is 4.53. The molecule has 1 aromatic heterocycles. The number of hydrogen-bond acceptors (Lipinski definition) is 3. The van der Waals surface area contributed by atoms with Crippen LogP contribution in [0, 0.1) is 0 Å². The van der Waals surface area contributed by atoms with E-state index in [1.807, 2.05) is 0 Å². The summed E-state index contributed by atoms with van der Waals surface area (Å²) < 4.78 is 1.60. The van der Waals surface area contributed by atoms with Crippen LogP contribution in [0.15, 0.2) is 18.7 Å². The molecule has 0 aliphatic rings. The molecule has 1 heterocycles. The molecule has 0 spiro atoms. The van der Waals surface area contributed by atoms with Gasteiger partial charge in [0, 0.05) is 12.4 Å². The Labute approximate surface area is 47.0 Å². The first kappa shape index (κ1) is 5.11. The van der Waals surface area contributed by atoms with E-state index in [0.29, 0.717) is 0 Å². The average molecular weight is 113 g/mol. The maximum atomic E-state index is 4.56. The fraction of sp³-hybridized carbons (Fsp3) is 0.250. The molecule has 0 atom stereocenters. The van der Waals surface area contributed by atoms with E-state index in [4.69, 9.17) is 0 Å². The molecule has 8 heavy (non-hydrogen) atoms. The van der Waals surface area contributed by atoms with Crippen LogP contribution in [0.1, 0.15) is 0 Å². The van der Waals surface area contributed by atoms with E-state index in [2.05, 4.69) is 15.4 Å². The van der Waals surface area contributed by atoms with Crippen LogP contribution in [-0.2, 0) is 4.84 Å². The highest BCUT2D eigenvalue weighted by molar-refractivity contribution is 4.74. The Morgan fingerprint density at radius 2 is 2.62 bits per heavy atom. The van der Waals surface area contributed by atoms with E-state index in [-0.39, 0.29) is 0 Å². The van der Waals surface area contributed by atoms with Crippen molar-refractivity contribution in [2.75, 3.05) is 12.7 Å². The second-order valence-electron chi connectivity index (χ2n) is 1.27. The second kappa shape index (κ2) is 2.32. The Morgan fingerprint density at radius 1 is 1.75 bits per heavy atom. The molecule has 0 unspecified atom stereocenters. The van der Waals surface area contributed by atoms with Gasteiger partial charge < -0.3 is 0 Å². The summed E-state index contributed by atoms with van der Waals surface area (Å²) in [7, 11) is 1.54. The first-order valence-electron chi connectivity index (χ1n) is 2.20. The number of imidazole rings is 1. The number of nitrogens with zero attached hydrogens (tertiary/aromatic N) is 2. The normalized spacial score (nSPS) is 9.12. The van der Waals surface area contributed by atoms with Crippen LogP contribution < -0.4 is 5.59 Å². The summed E-state index contributed by atoms with van der Waals surface area (Å²) in [6.45, 7) is 0. The van der Waals surface area contributed by atoms with Crippen LogP contribution >= 0.6 is 0 Å². The SMILES string of the molecule is CONn1ccnc1. The monoisotopic (exact) mass is 113 g/mol. The second-order valence-corrected chi connectivity index (χ2v) is 1.27. The van der Waals surface area contributed by atoms with Crippen molar-refractivity contribution in [2.45, 2.75) is 0 Å². The number of hydrogen-bond donors (Lipinski definition) is 1. The van der Waals surface area contributed by atoms with Gasteiger partial charge in [0.15, 0.2) is 0 Å². The molecule has 44 valence electrons. The molecule has 0 aliphatic heterocycles. The van der Waals surface area contributed by atoms with Gasteiger partial charge >= 0.3 is 0 Å². The van der Waals surface area contributed by atoms with Crippen molar-refractivity contribution < 1.29 is 4.84 Å². The summed E-state index contributed by atoms with van der Waals surface area (Å²) >= 11 is 0. The minimum atomic E-state index is 1.54. The molecular weight excluding hydrogens is 106 g/mol. The van der Waals surface area contributed by atoms with E-state index in [0.717, 1.165) is 0 Å². The Kier molecular flexibility index (Phi) is 1.48. The van der Waals surface area contributed by atoms with Crippen LogP contribution in [0.2, 0.25) is 0 Å². The molecule has 0 saturated heterocycles. The molecular formula is C4H7N3O. The summed E-state index contributed by atoms with van der Waals surface area (Å²) in [4.78, 5) is 8.32. The van der Waals surface area contributed by atoms with E-state index < -0.39 is 0 Å².